The molecule has 0 spiro atoms. The zero-order valence-electron chi connectivity index (χ0n) is 21.7. The number of nitrogens with one attached hydrogen (secondary N) is 1. The van der Waals surface area contributed by atoms with E-state index in [-0.39, 0.29) is 35.5 Å². The van der Waals surface area contributed by atoms with Crippen LogP contribution in [0.5, 0.6) is 0 Å². The number of nitrogens with zero attached hydrogens (tertiary/aromatic N) is 1. The SMILES string of the molecule is COC(=O)C(C)CCN(C(=O)CCC1OCCO1)C(C(=O)Nc1c(C)cc(Br)cc1C)C1(SC)CC1. The molecule has 8 nitrogen and oxygen atoms in total. The van der Waals surface area contributed by atoms with Gasteiger partial charge in [0.1, 0.15) is 6.04 Å². The molecule has 2 fully saturated rings. The Bertz CT molecular complexity index is 941. The predicted molar refractivity (Wildman–Crippen MR) is 144 cm³/mol. The third-order valence-corrected chi connectivity index (χ3v) is 8.87. The van der Waals surface area contributed by atoms with Crippen LogP contribution in [0.3, 0.4) is 0 Å². The third kappa shape index (κ3) is 7.02. The summed E-state index contributed by atoms with van der Waals surface area (Å²) >= 11 is 5.13. The second-order valence-electron chi connectivity index (χ2n) is 9.59. The maximum Gasteiger partial charge on any atom is 0.308 e. The van der Waals surface area contributed by atoms with E-state index in [0.717, 1.165) is 34.1 Å². The number of thioether (sulfide) groups is 1. The van der Waals surface area contributed by atoms with E-state index in [0.29, 0.717) is 26.1 Å². The number of hydrogen-bond donors (Lipinski definition) is 1. The van der Waals surface area contributed by atoms with Gasteiger partial charge >= 0.3 is 5.97 Å². The lowest BCUT2D eigenvalue weighted by atomic mass is 10.0. The Kier molecular flexibility index (Phi) is 10.3. The van der Waals surface area contributed by atoms with E-state index in [2.05, 4.69) is 21.2 Å². The smallest absolute Gasteiger partial charge is 0.308 e. The van der Waals surface area contributed by atoms with Crippen molar-refractivity contribution in [1.29, 1.82) is 0 Å². The zero-order chi connectivity index (χ0) is 26.5. The molecule has 1 heterocycles. The van der Waals surface area contributed by atoms with Gasteiger partial charge in [-0.3, -0.25) is 14.4 Å². The van der Waals surface area contributed by atoms with Crippen LogP contribution in [0.4, 0.5) is 5.69 Å². The van der Waals surface area contributed by atoms with Crippen LogP contribution in [0.25, 0.3) is 0 Å². The summed E-state index contributed by atoms with van der Waals surface area (Å²) in [6.45, 7) is 7.00. The molecule has 36 heavy (non-hydrogen) atoms. The van der Waals surface area contributed by atoms with Gasteiger partial charge in [0.2, 0.25) is 11.8 Å². The van der Waals surface area contributed by atoms with Crippen LogP contribution in [0.1, 0.15) is 50.2 Å². The average Bonchev–Trinajstić information content (AvgIpc) is 3.45. The fourth-order valence-corrected chi connectivity index (χ4v) is 6.34. The van der Waals surface area contributed by atoms with Crippen molar-refractivity contribution in [2.45, 2.75) is 70.0 Å². The van der Waals surface area contributed by atoms with Gasteiger partial charge in [0.25, 0.3) is 0 Å². The van der Waals surface area contributed by atoms with Crippen LogP contribution in [-0.2, 0) is 28.6 Å². The van der Waals surface area contributed by atoms with Crippen LogP contribution >= 0.6 is 27.7 Å². The Morgan fingerprint density at radius 2 is 1.83 bits per heavy atom. The number of carbonyl (C=O) groups excluding carboxylic acids is 3. The molecule has 10 heteroatoms. The summed E-state index contributed by atoms with van der Waals surface area (Å²) in [4.78, 5) is 41.3. The lowest BCUT2D eigenvalue weighted by Crippen LogP contribution is -2.54. The second kappa shape index (κ2) is 12.8. The molecule has 1 saturated carbocycles. The molecular weight excluding hydrogens is 548 g/mol. The van der Waals surface area contributed by atoms with Gasteiger partial charge in [0, 0.05) is 34.3 Å². The number of methoxy groups -OCH3 is 1. The molecule has 2 aliphatic rings. The third-order valence-electron chi connectivity index (χ3n) is 6.96. The number of hydrogen-bond acceptors (Lipinski definition) is 7. The molecule has 0 aromatic heterocycles. The number of halogens is 1. The summed E-state index contributed by atoms with van der Waals surface area (Å²) in [5, 5.41) is 3.13. The number of benzene rings is 1. The van der Waals surface area contributed by atoms with E-state index < -0.39 is 18.2 Å². The Labute approximate surface area is 226 Å². The molecule has 0 bridgehead atoms. The molecule has 1 saturated heterocycles. The molecule has 2 unspecified atom stereocenters. The first kappa shape index (κ1) is 28.9. The van der Waals surface area contributed by atoms with Crippen LogP contribution in [0.2, 0.25) is 0 Å². The first-order valence-corrected chi connectivity index (χ1v) is 14.4. The number of amides is 2. The van der Waals surface area contributed by atoms with Crippen LogP contribution < -0.4 is 5.32 Å². The van der Waals surface area contributed by atoms with Crippen LogP contribution in [0.15, 0.2) is 16.6 Å². The van der Waals surface area contributed by atoms with E-state index in [4.69, 9.17) is 14.2 Å². The molecular formula is C26H37BrN2O6S. The van der Waals surface area contributed by atoms with Crippen molar-refractivity contribution in [2.24, 2.45) is 5.92 Å². The number of aryl methyl sites for hydroxylation is 2. The standard InChI is InChI=1S/C26H37BrN2O6S/c1-16(25(32)33-4)8-11-29(20(30)6-7-21-34-12-13-35-21)23(26(36-5)9-10-26)24(31)28-22-17(2)14-19(27)15-18(22)3/h14-16,21,23H,6-13H2,1-5H3,(H,28,31). The minimum absolute atomic E-state index is 0.143. The minimum atomic E-state index is -0.669. The van der Waals surface area contributed by atoms with E-state index in [9.17, 15) is 14.4 Å². The van der Waals surface area contributed by atoms with E-state index in [1.807, 2.05) is 32.2 Å². The summed E-state index contributed by atoms with van der Waals surface area (Å²) in [6.07, 6.45) is 4.30. The molecule has 3 rings (SSSR count). The Morgan fingerprint density at radius 3 is 2.36 bits per heavy atom. The maximum atomic E-state index is 13.9. The largest absolute Gasteiger partial charge is 0.469 e. The molecule has 2 amide bonds. The van der Waals surface area contributed by atoms with Crippen molar-refractivity contribution < 1.29 is 28.6 Å². The number of esters is 1. The number of anilines is 1. The molecule has 1 aliphatic carbocycles. The minimum Gasteiger partial charge on any atom is -0.469 e. The topological polar surface area (TPSA) is 94.2 Å². The van der Waals surface area contributed by atoms with Crippen LogP contribution in [0, 0.1) is 19.8 Å². The van der Waals surface area contributed by atoms with Crippen molar-refractivity contribution in [3.05, 3.63) is 27.7 Å². The van der Waals surface area contributed by atoms with Crippen molar-refractivity contribution >= 4 is 51.2 Å². The van der Waals surface area contributed by atoms with Crippen molar-refractivity contribution in [3.63, 3.8) is 0 Å². The molecule has 1 N–H and O–H groups in total. The van der Waals surface area contributed by atoms with Crippen molar-refractivity contribution in [2.75, 3.05) is 38.4 Å². The van der Waals surface area contributed by atoms with Gasteiger partial charge in [-0.25, -0.2) is 0 Å². The second-order valence-corrected chi connectivity index (χ2v) is 11.7. The Balaban J connectivity index is 1.88. The first-order chi connectivity index (χ1) is 17.1. The van der Waals surface area contributed by atoms with E-state index >= 15 is 0 Å². The lowest BCUT2D eigenvalue weighted by Gasteiger charge is -2.37. The predicted octanol–water partition coefficient (Wildman–Crippen LogP) is 4.45. The fourth-order valence-electron chi connectivity index (χ4n) is 4.68. The van der Waals surface area contributed by atoms with Gasteiger partial charge in [-0.2, -0.15) is 11.8 Å². The highest BCUT2D eigenvalue weighted by Gasteiger charge is 2.55. The number of carbonyl (C=O) groups is 3. The monoisotopic (exact) mass is 584 g/mol. The summed E-state index contributed by atoms with van der Waals surface area (Å²) in [5.41, 5.74) is 2.64. The molecule has 200 valence electrons. The Hall–Kier alpha value is -1.62. The van der Waals surface area contributed by atoms with Gasteiger partial charge in [-0.15, -0.1) is 0 Å². The lowest BCUT2D eigenvalue weighted by molar-refractivity contribution is -0.146. The van der Waals surface area contributed by atoms with Crippen molar-refractivity contribution in [1.82, 2.24) is 4.90 Å². The van der Waals surface area contributed by atoms with E-state index in [1.54, 1.807) is 23.6 Å². The number of rotatable bonds is 12. The zero-order valence-corrected chi connectivity index (χ0v) is 24.1. The molecule has 0 radical (unpaired) electrons. The first-order valence-electron chi connectivity index (χ1n) is 12.3. The molecule has 1 aromatic rings. The van der Waals surface area contributed by atoms with Gasteiger partial charge in [-0.05, 0) is 62.6 Å². The van der Waals surface area contributed by atoms with Gasteiger partial charge in [0.05, 0.1) is 26.2 Å². The van der Waals surface area contributed by atoms with E-state index in [1.165, 1.54) is 7.11 Å². The van der Waals surface area contributed by atoms with Crippen molar-refractivity contribution in [3.8, 4) is 0 Å². The molecule has 2 atom stereocenters. The molecule has 1 aromatic carbocycles. The highest BCUT2D eigenvalue weighted by molar-refractivity contribution is 9.10. The van der Waals surface area contributed by atoms with Gasteiger partial charge < -0.3 is 24.4 Å². The maximum absolute atomic E-state index is 13.9. The average molecular weight is 586 g/mol. The summed E-state index contributed by atoms with van der Waals surface area (Å²) < 4.78 is 16.5. The van der Waals surface area contributed by atoms with Crippen LogP contribution in [-0.4, -0.2) is 72.9 Å². The highest BCUT2D eigenvalue weighted by Crippen LogP contribution is 2.52. The Morgan fingerprint density at radius 1 is 1.22 bits per heavy atom. The summed E-state index contributed by atoms with van der Waals surface area (Å²) in [7, 11) is 1.36. The van der Waals surface area contributed by atoms with Gasteiger partial charge in [0.15, 0.2) is 6.29 Å². The summed E-state index contributed by atoms with van der Waals surface area (Å²) in [6, 6.07) is 3.25. The summed E-state index contributed by atoms with van der Waals surface area (Å²) in [5.74, 6) is -1.07. The fraction of sp³-hybridized carbons (Fsp3) is 0.654. The normalized spacial score (nSPS) is 18.4. The highest BCUT2D eigenvalue weighted by atomic mass is 79.9. The van der Waals surface area contributed by atoms with Gasteiger partial charge in [-0.1, -0.05) is 22.9 Å². The quantitative estimate of drug-likeness (QED) is 0.363. The number of ether oxygens (including phenoxy) is 3. The molecule has 1 aliphatic heterocycles.